The van der Waals surface area contributed by atoms with Gasteiger partial charge in [0.05, 0.1) is 7.11 Å². The maximum atomic E-state index is 11.1. The highest BCUT2D eigenvalue weighted by Gasteiger charge is 2.24. The number of nitrogens with one attached hydrogen (secondary N) is 1. The predicted octanol–water partition coefficient (Wildman–Crippen LogP) is 3.77. The van der Waals surface area contributed by atoms with Crippen molar-refractivity contribution in [2.45, 2.75) is 58.1 Å². The van der Waals surface area contributed by atoms with Gasteiger partial charge in [-0.05, 0) is 25.7 Å². The number of hydrogen-bond donors (Lipinski definition) is 1. The second-order valence-electron chi connectivity index (χ2n) is 6.58. The second-order valence-corrected chi connectivity index (χ2v) is 7.92. The molecule has 1 rings (SSSR count). The first-order valence-corrected chi connectivity index (χ1v) is 10.3. The Hall–Kier alpha value is -0.180. The van der Waals surface area contributed by atoms with Gasteiger partial charge in [-0.2, -0.15) is 11.8 Å². The van der Waals surface area contributed by atoms with Crippen LogP contribution in [0.4, 0.5) is 0 Å². The van der Waals surface area contributed by atoms with Gasteiger partial charge in [-0.25, -0.2) is 0 Å². The third-order valence-electron chi connectivity index (χ3n) is 4.25. The number of thioether (sulfide) groups is 1. The van der Waals surface area contributed by atoms with Crippen molar-refractivity contribution >= 4 is 47.7 Å². The van der Waals surface area contributed by atoms with Gasteiger partial charge in [0, 0.05) is 43.6 Å². The Labute approximate surface area is 175 Å². The van der Waals surface area contributed by atoms with Crippen molar-refractivity contribution in [3.05, 3.63) is 0 Å². The minimum Gasteiger partial charge on any atom is -0.469 e. The summed E-state index contributed by atoms with van der Waals surface area (Å²) in [7, 11) is 1.45. The number of nitrogens with zero attached hydrogens (tertiary/aromatic N) is 2. The molecule has 0 spiro atoms. The molecular weight excluding hydrogens is 449 g/mol. The monoisotopic (exact) mass is 485 g/mol. The quantitative estimate of drug-likeness (QED) is 0.177. The molecule has 148 valence electrons. The maximum Gasteiger partial charge on any atom is 0.305 e. The Morgan fingerprint density at radius 1 is 1.32 bits per heavy atom. The maximum absolute atomic E-state index is 11.1. The average molecular weight is 485 g/mol. The summed E-state index contributed by atoms with van der Waals surface area (Å²) in [4.78, 5) is 18.3. The van der Waals surface area contributed by atoms with E-state index in [4.69, 9.17) is 4.99 Å². The molecule has 0 aromatic rings. The van der Waals surface area contributed by atoms with Gasteiger partial charge < -0.3 is 15.0 Å². The Morgan fingerprint density at radius 2 is 2.04 bits per heavy atom. The van der Waals surface area contributed by atoms with Gasteiger partial charge in [-0.1, -0.05) is 26.7 Å². The Morgan fingerprint density at radius 3 is 2.68 bits per heavy atom. The normalized spacial score (nSPS) is 18.0. The van der Waals surface area contributed by atoms with Gasteiger partial charge in [-0.15, -0.1) is 24.0 Å². The average Bonchev–Trinajstić information content (AvgIpc) is 2.59. The molecule has 1 N–H and O–H groups in total. The molecule has 0 aromatic carbocycles. The molecule has 7 heteroatoms. The highest BCUT2D eigenvalue weighted by molar-refractivity contribution is 14.0. The van der Waals surface area contributed by atoms with Crippen molar-refractivity contribution in [3.63, 3.8) is 0 Å². The lowest BCUT2D eigenvalue weighted by molar-refractivity contribution is -0.140. The first-order chi connectivity index (χ1) is 11.6. The van der Waals surface area contributed by atoms with Gasteiger partial charge in [-0.3, -0.25) is 9.79 Å². The number of hydrogen-bond acceptors (Lipinski definition) is 4. The lowest BCUT2D eigenvalue weighted by atomic mass is 10.1. The molecule has 0 saturated carbocycles. The fraction of sp³-hybridized carbons (Fsp3) is 0.889. The fourth-order valence-corrected chi connectivity index (χ4v) is 4.02. The smallest absolute Gasteiger partial charge is 0.305 e. The molecule has 0 radical (unpaired) electrons. The number of halogens is 1. The first-order valence-electron chi connectivity index (χ1n) is 9.30. The fourth-order valence-electron chi connectivity index (χ4n) is 2.72. The number of aliphatic imine (C=N–C) groups is 1. The molecule has 1 fully saturated rings. The van der Waals surface area contributed by atoms with Crippen LogP contribution in [0.15, 0.2) is 4.99 Å². The molecule has 0 aliphatic carbocycles. The summed E-state index contributed by atoms with van der Waals surface area (Å²) >= 11 is 2.09. The van der Waals surface area contributed by atoms with Crippen LogP contribution < -0.4 is 5.32 Å². The van der Waals surface area contributed by atoms with E-state index in [0.29, 0.717) is 17.6 Å². The van der Waals surface area contributed by atoms with E-state index >= 15 is 0 Å². The van der Waals surface area contributed by atoms with E-state index < -0.39 is 0 Å². The van der Waals surface area contributed by atoms with Gasteiger partial charge in [0.2, 0.25) is 0 Å². The van der Waals surface area contributed by atoms with Crippen LogP contribution in [-0.2, 0) is 9.53 Å². The summed E-state index contributed by atoms with van der Waals surface area (Å²) in [6.45, 7) is 10.7. The van der Waals surface area contributed by atoms with Gasteiger partial charge in [0.1, 0.15) is 0 Å². The summed E-state index contributed by atoms with van der Waals surface area (Å²) < 4.78 is 4.65. The number of unbranched alkanes of at least 4 members (excludes halogenated alkanes) is 3. The van der Waals surface area contributed by atoms with Crippen molar-refractivity contribution in [1.82, 2.24) is 10.2 Å². The van der Waals surface area contributed by atoms with Gasteiger partial charge >= 0.3 is 5.97 Å². The van der Waals surface area contributed by atoms with Crippen LogP contribution in [0, 0.1) is 5.92 Å². The molecular formula is C18H36IN3O2S. The van der Waals surface area contributed by atoms with E-state index in [2.05, 4.69) is 47.5 Å². The van der Waals surface area contributed by atoms with E-state index in [1.807, 2.05) is 0 Å². The second kappa shape index (κ2) is 14.9. The third-order valence-corrected chi connectivity index (χ3v) is 5.79. The highest BCUT2D eigenvalue weighted by atomic mass is 127. The van der Waals surface area contributed by atoms with Crippen LogP contribution in [0.3, 0.4) is 0 Å². The highest BCUT2D eigenvalue weighted by Crippen LogP contribution is 2.24. The summed E-state index contributed by atoms with van der Waals surface area (Å²) in [5.41, 5.74) is 0. The van der Waals surface area contributed by atoms with Crippen molar-refractivity contribution < 1.29 is 9.53 Å². The van der Waals surface area contributed by atoms with E-state index in [1.165, 1.54) is 12.9 Å². The lowest BCUT2D eigenvalue weighted by Gasteiger charge is -2.36. The lowest BCUT2D eigenvalue weighted by Crippen LogP contribution is -2.49. The van der Waals surface area contributed by atoms with E-state index in [0.717, 1.165) is 57.8 Å². The number of carbonyl (C=O) groups is 1. The Balaban J connectivity index is 0.00000576. The van der Waals surface area contributed by atoms with Gasteiger partial charge in [0.25, 0.3) is 0 Å². The Kier molecular flexibility index (Phi) is 14.8. The molecule has 1 heterocycles. The molecule has 1 aliphatic rings. The van der Waals surface area contributed by atoms with Crippen LogP contribution in [-0.4, -0.2) is 61.1 Å². The van der Waals surface area contributed by atoms with Crippen molar-refractivity contribution in [2.75, 3.05) is 39.0 Å². The van der Waals surface area contributed by atoms with Crippen LogP contribution >= 0.6 is 35.7 Å². The predicted molar refractivity (Wildman–Crippen MR) is 119 cm³/mol. The topological polar surface area (TPSA) is 53.9 Å². The zero-order chi connectivity index (χ0) is 17.8. The molecule has 5 nitrogen and oxygen atoms in total. The molecule has 1 aliphatic heterocycles. The summed E-state index contributed by atoms with van der Waals surface area (Å²) in [6.07, 6.45) is 4.70. The van der Waals surface area contributed by atoms with Crippen molar-refractivity contribution in [2.24, 2.45) is 10.9 Å². The summed E-state index contributed by atoms with van der Waals surface area (Å²) in [5, 5.41) is 4.14. The van der Waals surface area contributed by atoms with Gasteiger partial charge in [0.15, 0.2) is 5.96 Å². The number of rotatable bonds is 9. The number of carbonyl (C=O) groups excluding carboxylic acids is 1. The van der Waals surface area contributed by atoms with Crippen LogP contribution in [0.25, 0.3) is 0 Å². The molecule has 1 unspecified atom stereocenters. The minimum absolute atomic E-state index is 0. The Bertz CT molecular complexity index is 395. The van der Waals surface area contributed by atoms with Crippen molar-refractivity contribution in [3.8, 4) is 0 Å². The molecule has 0 amide bonds. The SMILES string of the molecule is CCNC(=NCCCCCCC(=O)OC)N1CCSC(C(C)C)C1.I. The van der Waals surface area contributed by atoms with E-state index in [1.54, 1.807) is 0 Å². The number of guanidine groups is 1. The number of ether oxygens (including phenoxy) is 1. The van der Waals surface area contributed by atoms with Crippen LogP contribution in [0.1, 0.15) is 52.9 Å². The number of esters is 1. The number of methoxy groups -OCH3 is 1. The summed E-state index contributed by atoms with van der Waals surface area (Å²) in [6, 6.07) is 0. The molecule has 25 heavy (non-hydrogen) atoms. The largest absolute Gasteiger partial charge is 0.469 e. The first kappa shape index (κ1) is 24.8. The zero-order valence-electron chi connectivity index (χ0n) is 16.3. The molecule has 0 bridgehead atoms. The standard InChI is InChI=1S/C18H35N3O2S.HI/c1-5-19-18(21-12-13-24-16(14-21)15(2)3)20-11-9-7-6-8-10-17(22)23-4;/h15-16H,5-14H2,1-4H3,(H,19,20);1H. The molecule has 1 saturated heterocycles. The minimum atomic E-state index is -0.106. The van der Waals surface area contributed by atoms with E-state index in [9.17, 15) is 4.79 Å². The van der Waals surface area contributed by atoms with Crippen LogP contribution in [0.2, 0.25) is 0 Å². The molecule has 0 aromatic heterocycles. The molecule has 1 atom stereocenters. The zero-order valence-corrected chi connectivity index (χ0v) is 19.4. The third kappa shape index (κ3) is 10.5. The van der Waals surface area contributed by atoms with Crippen LogP contribution in [0.5, 0.6) is 0 Å². The van der Waals surface area contributed by atoms with Crippen molar-refractivity contribution in [1.29, 1.82) is 0 Å². The summed E-state index contributed by atoms with van der Waals surface area (Å²) in [5.74, 6) is 2.85. The van der Waals surface area contributed by atoms with E-state index in [-0.39, 0.29) is 29.9 Å².